The summed E-state index contributed by atoms with van der Waals surface area (Å²) < 4.78 is 16.8. The van der Waals surface area contributed by atoms with Crippen molar-refractivity contribution < 1.29 is 14.3 Å². The number of benzene rings is 1. The van der Waals surface area contributed by atoms with Gasteiger partial charge in [-0.05, 0) is 49.6 Å². The minimum atomic E-state index is -1.01. The molecule has 1 atom stereocenters. The van der Waals surface area contributed by atoms with Gasteiger partial charge in [0.1, 0.15) is 23.0 Å². The highest BCUT2D eigenvalue weighted by molar-refractivity contribution is 6.37. The number of hydrogen-bond acceptors (Lipinski definition) is 7. The summed E-state index contributed by atoms with van der Waals surface area (Å²) in [6, 6.07) is 6.08. The number of carbonyl (C=O) groups excluding carboxylic acids is 1. The van der Waals surface area contributed by atoms with Gasteiger partial charge in [-0.1, -0.05) is 55.2 Å². The summed E-state index contributed by atoms with van der Waals surface area (Å²) in [7, 11) is 0. The number of anilines is 1. The Hall–Kier alpha value is -4.17. The van der Waals surface area contributed by atoms with Gasteiger partial charge in [0.25, 0.3) is 5.56 Å². The van der Waals surface area contributed by atoms with Crippen LogP contribution in [0.25, 0.3) is 28.0 Å². The van der Waals surface area contributed by atoms with E-state index in [1.54, 1.807) is 24.1 Å². The van der Waals surface area contributed by atoms with Gasteiger partial charge < -0.3 is 14.9 Å². The summed E-state index contributed by atoms with van der Waals surface area (Å²) in [4.78, 5) is 39.6. The number of aromatic nitrogens is 3. The Morgan fingerprint density at radius 1 is 1.20 bits per heavy atom. The summed E-state index contributed by atoms with van der Waals surface area (Å²) >= 11 is 19.0. The van der Waals surface area contributed by atoms with Crippen molar-refractivity contribution in [2.45, 2.75) is 39.7 Å². The molecule has 4 aromatic rings. The fourth-order valence-corrected chi connectivity index (χ4v) is 6.48. The molecule has 1 fully saturated rings. The average molecular weight is 670 g/mol. The molecule has 1 N–H and O–H groups in total. The second-order valence-electron chi connectivity index (χ2n) is 11.1. The molecule has 5 rings (SSSR count). The van der Waals surface area contributed by atoms with Crippen molar-refractivity contribution in [2.24, 2.45) is 0 Å². The molecule has 1 aliphatic rings. The summed E-state index contributed by atoms with van der Waals surface area (Å²) in [6.45, 7) is 12.0. The SMILES string of the molecule is C=CC(=O)N1CCN(c2c(C#N)c(=O)n(-c3c(C)ccnc3C(C)C)c3nc(-c4c(O)c(Cl)cc(Cl)c4F)c(Cl)cc23)CC1C. The molecule has 1 unspecified atom stereocenters. The Labute approximate surface area is 273 Å². The number of aryl methyl sites for hydroxylation is 1. The molecular weight excluding hydrogens is 642 g/mol. The molecule has 1 aromatic carbocycles. The first kappa shape index (κ1) is 32.2. The number of phenols is 1. The highest BCUT2D eigenvalue weighted by Crippen LogP contribution is 2.44. The minimum Gasteiger partial charge on any atom is -0.506 e. The van der Waals surface area contributed by atoms with E-state index in [1.165, 1.54) is 16.7 Å². The van der Waals surface area contributed by atoms with Gasteiger partial charge in [-0.25, -0.2) is 9.37 Å². The number of amides is 1. The number of nitrogens with zero attached hydrogens (tertiary/aromatic N) is 6. The highest BCUT2D eigenvalue weighted by atomic mass is 35.5. The Morgan fingerprint density at radius 2 is 1.91 bits per heavy atom. The molecule has 3 aromatic heterocycles. The number of nitriles is 1. The van der Waals surface area contributed by atoms with Gasteiger partial charge in [-0.15, -0.1) is 0 Å². The van der Waals surface area contributed by atoms with Gasteiger partial charge >= 0.3 is 0 Å². The topological polar surface area (TPSA) is 115 Å². The largest absolute Gasteiger partial charge is 0.506 e. The molecule has 0 aliphatic carbocycles. The summed E-state index contributed by atoms with van der Waals surface area (Å²) in [5, 5.41) is 20.9. The van der Waals surface area contributed by atoms with Crippen LogP contribution >= 0.6 is 34.8 Å². The molecule has 1 saturated heterocycles. The number of piperazine rings is 1. The van der Waals surface area contributed by atoms with Gasteiger partial charge in [-0.2, -0.15) is 5.26 Å². The Morgan fingerprint density at radius 3 is 2.53 bits per heavy atom. The lowest BCUT2D eigenvalue weighted by Crippen LogP contribution is -2.54. The zero-order chi connectivity index (χ0) is 32.9. The van der Waals surface area contributed by atoms with Crippen molar-refractivity contribution in [1.29, 1.82) is 5.26 Å². The molecular formula is C32H28Cl3FN6O3. The predicted octanol–water partition coefficient (Wildman–Crippen LogP) is 6.78. The maximum Gasteiger partial charge on any atom is 0.276 e. The number of aromatic hydroxyl groups is 1. The molecule has 0 saturated carbocycles. The molecule has 0 spiro atoms. The number of phenolic OH excluding ortho intramolecular Hbond substituents is 1. The van der Waals surface area contributed by atoms with Crippen molar-refractivity contribution in [2.75, 3.05) is 24.5 Å². The van der Waals surface area contributed by atoms with Crippen molar-refractivity contribution in [3.8, 4) is 28.8 Å². The van der Waals surface area contributed by atoms with E-state index in [0.29, 0.717) is 35.4 Å². The van der Waals surface area contributed by atoms with Gasteiger partial charge in [0.15, 0.2) is 5.82 Å². The first-order valence-corrected chi connectivity index (χ1v) is 15.2. The zero-order valence-corrected chi connectivity index (χ0v) is 27.1. The van der Waals surface area contributed by atoms with Crippen LogP contribution in [-0.4, -0.2) is 56.1 Å². The lowest BCUT2D eigenvalue weighted by Gasteiger charge is -2.41. The van der Waals surface area contributed by atoms with Crippen LogP contribution in [-0.2, 0) is 4.79 Å². The van der Waals surface area contributed by atoms with Crippen molar-refractivity contribution >= 4 is 57.4 Å². The van der Waals surface area contributed by atoms with Crippen LogP contribution in [0.3, 0.4) is 0 Å². The van der Waals surface area contributed by atoms with E-state index < -0.39 is 22.7 Å². The van der Waals surface area contributed by atoms with Crippen LogP contribution in [0.1, 0.15) is 43.5 Å². The van der Waals surface area contributed by atoms with E-state index in [2.05, 4.69) is 17.6 Å². The van der Waals surface area contributed by atoms with Crippen LogP contribution in [0.4, 0.5) is 10.1 Å². The Balaban J connectivity index is 1.93. The first-order valence-electron chi connectivity index (χ1n) is 14.0. The average Bonchev–Trinajstić information content (AvgIpc) is 3.00. The number of fused-ring (bicyclic) bond motifs is 1. The second-order valence-corrected chi connectivity index (χ2v) is 12.3. The summed E-state index contributed by atoms with van der Waals surface area (Å²) in [5.41, 5.74) is 0.472. The molecule has 9 nitrogen and oxygen atoms in total. The zero-order valence-electron chi connectivity index (χ0n) is 24.8. The van der Waals surface area contributed by atoms with Gasteiger partial charge in [0.05, 0.1) is 43.4 Å². The first-order chi connectivity index (χ1) is 21.3. The minimum absolute atomic E-state index is 0.0403. The Kier molecular flexibility index (Phi) is 8.82. The number of pyridine rings is 3. The monoisotopic (exact) mass is 668 g/mol. The van der Waals surface area contributed by atoms with Crippen LogP contribution in [0, 0.1) is 24.1 Å². The second kappa shape index (κ2) is 12.3. The Bertz CT molecular complexity index is 1980. The smallest absolute Gasteiger partial charge is 0.276 e. The van der Waals surface area contributed by atoms with Crippen molar-refractivity contribution in [3.63, 3.8) is 0 Å². The standard InChI is InChI=1S/C32H28Cl3FN6O3/c1-6-23(43)41-10-9-40(14-17(41)5)29-18-11-21(34)27(24-25(36)20(33)12-22(35)30(24)44)39-31(18)42(32(45)19(29)13-37)28-16(4)7-8-38-26(28)15(2)3/h6-8,11-12,15,17,44H,1,9-10,14H2,2-5H3. The van der Waals surface area contributed by atoms with E-state index >= 15 is 4.39 Å². The number of halogens is 4. The summed E-state index contributed by atoms with van der Waals surface area (Å²) in [6.07, 6.45) is 2.87. The van der Waals surface area contributed by atoms with Crippen molar-refractivity contribution in [1.82, 2.24) is 19.4 Å². The number of rotatable bonds is 5. The van der Waals surface area contributed by atoms with Crippen LogP contribution in [0.5, 0.6) is 5.75 Å². The normalized spacial score (nSPS) is 15.1. The van der Waals surface area contributed by atoms with Gasteiger partial charge in [-0.3, -0.25) is 19.1 Å². The third kappa shape index (κ3) is 5.39. The van der Waals surface area contributed by atoms with E-state index in [4.69, 9.17) is 39.8 Å². The van der Waals surface area contributed by atoms with Crippen LogP contribution in [0.2, 0.25) is 15.1 Å². The number of hydrogen-bond donors (Lipinski definition) is 1. The lowest BCUT2D eigenvalue weighted by molar-refractivity contribution is -0.128. The molecule has 232 valence electrons. The molecule has 4 heterocycles. The predicted molar refractivity (Wildman–Crippen MR) is 174 cm³/mol. The highest BCUT2D eigenvalue weighted by Gasteiger charge is 2.32. The molecule has 1 amide bonds. The van der Waals surface area contributed by atoms with Crippen LogP contribution in [0.15, 0.2) is 41.8 Å². The fourth-order valence-electron chi connectivity index (χ4n) is 5.77. The van der Waals surface area contributed by atoms with Gasteiger partial charge in [0, 0.05) is 37.3 Å². The van der Waals surface area contributed by atoms with Crippen molar-refractivity contribution in [3.05, 3.63) is 85.1 Å². The molecule has 0 radical (unpaired) electrons. The van der Waals surface area contributed by atoms with E-state index in [-0.39, 0.29) is 62.1 Å². The quantitative estimate of drug-likeness (QED) is 0.184. The summed E-state index contributed by atoms with van der Waals surface area (Å²) in [5.74, 6) is -2.00. The third-order valence-electron chi connectivity index (χ3n) is 7.90. The van der Waals surface area contributed by atoms with Crippen LogP contribution < -0.4 is 10.5 Å². The molecule has 0 bridgehead atoms. The third-order valence-corrected chi connectivity index (χ3v) is 8.75. The maximum atomic E-state index is 15.5. The molecule has 1 aliphatic heterocycles. The van der Waals surface area contributed by atoms with Gasteiger partial charge in [0.2, 0.25) is 5.91 Å². The number of carbonyl (C=O) groups is 1. The fraction of sp³-hybridized carbons (Fsp3) is 0.281. The molecule has 13 heteroatoms. The maximum absolute atomic E-state index is 15.5. The molecule has 45 heavy (non-hydrogen) atoms. The van der Waals surface area contributed by atoms with E-state index in [1.807, 2.05) is 25.7 Å². The van der Waals surface area contributed by atoms with E-state index in [0.717, 1.165) is 6.07 Å². The van der Waals surface area contributed by atoms with E-state index in [9.17, 15) is 20.0 Å². The lowest BCUT2D eigenvalue weighted by atomic mass is 10.0.